The first-order valence-corrected chi connectivity index (χ1v) is 8.29. The normalized spacial score (nSPS) is 13.2. The minimum atomic E-state index is -3.89. The monoisotopic (exact) mass is 333 g/mol. The van der Waals surface area contributed by atoms with Gasteiger partial charge in [0.05, 0.1) is 10.9 Å². The summed E-state index contributed by atoms with van der Waals surface area (Å²) in [4.78, 5) is 11.8. The van der Waals surface area contributed by atoms with E-state index >= 15 is 0 Å². The Morgan fingerprint density at radius 3 is 2.38 bits per heavy atom. The summed E-state index contributed by atoms with van der Waals surface area (Å²) in [5, 5.41) is 2.86. The highest BCUT2D eigenvalue weighted by Gasteiger charge is 2.24. The summed E-state index contributed by atoms with van der Waals surface area (Å²) < 4.78 is 27.0. The van der Waals surface area contributed by atoms with Crippen LogP contribution in [0.1, 0.15) is 26.3 Å². The first kappa shape index (κ1) is 17.7. The molecule has 0 aliphatic carbocycles. The van der Waals surface area contributed by atoms with E-state index in [1.807, 2.05) is 0 Å². The molecule has 6 nitrogen and oxygen atoms in total. The third kappa shape index (κ3) is 4.59. The number of amides is 1. The van der Waals surface area contributed by atoms with Crippen LogP contribution in [0.5, 0.6) is 0 Å². The van der Waals surface area contributed by atoms with Gasteiger partial charge in [0.25, 0.3) is 0 Å². The number of sulfonamides is 1. The third-order valence-electron chi connectivity index (χ3n) is 2.81. The fourth-order valence-electron chi connectivity index (χ4n) is 1.71. The Kier molecular flexibility index (Phi) is 5.61. The Bertz CT molecular complexity index is 644. The predicted octanol–water partition coefficient (Wildman–Crippen LogP) is 1.42. The van der Waals surface area contributed by atoms with Gasteiger partial charge in [-0.1, -0.05) is 11.6 Å². The molecule has 0 saturated heterocycles. The second kappa shape index (κ2) is 6.64. The lowest BCUT2D eigenvalue weighted by Crippen LogP contribution is -2.46. The lowest BCUT2D eigenvalue weighted by atomic mass is 10.2. The van der Waals surface area contributed by atoms with Crippen molar-refractivity contribution in [3.8, 4) is 0 Å². The Morgan fingerprint density at radius 1 is 1.29 bits per heavy atom. The molecule has 1 rings (SSSR count). The molecule has 1 amide bonds. The van der Waals surface area contributed by atoms with Crippen LogP contribution < -0.4 is 15.8 Å². The van der Waals surface area contributed by atoms with Gasteiger partial charge in [-0.05, 0) is 45.4 Å². The van der Waals surface area contributed by atoms with Crippen LogP contribution in [0.15, 0.2) is 17.0 Å². The average molecular weight is 334 g/mol. The maximum atomic E-state index is 12.4. The predicted molar refractivity (Wildman–Crippen MR) is 83.7 cm³/mol. The third-order valence-corrected chi connectivity index (χ3v) is 4.70. The molecule has 0 aliphatic heterocycles. The highest BCUT2D eigenvalue weighted by Crippen LogP contribution is 2.26. The van der Waals surface area contributed by atoms with Crippen LogP contribution in [0.2, 0.25) is 5.02 Å². The number of carbonyl (C=O) groups is 1. The maximum Gasteiger partial charge on any atom is 0.241 e. The van der Waals surface area contributed by atoms with E-state index in [2.05, 4.69) is 10.0 Å². The Morgan fingerprint density at radius 2 is 1.86 bits per heavy atom. The number of rotatable bonds is 5. The Hall–Kier alpha value is -1.31. The summed E-state index contributed by atoms with van der Waals surface area (Å²) in [6.07, 6.45) is 0. The standard InChI is InChI=1S/C13H20ClN3O3S/c1-7(2)16-13(18)9(4)17-21(19,20)12-6-10(14)5-11(15)8(12)3/h5-7,9,17H,15H2,1-4H3,(H,16,18). The van der Waals surface area contributed by atoms with E-state index in [1.54, 1.807) is 20.8 Å². The second-order valence-corrected chi connectivity index (χ2v) is 7.24. The zero-order valence-electron chi connectivity index (χ0n) is 12.4. The van der Waals surface area contributed by atoms with Gasteiger partial charge < -0.3 is 11.1 Å². The van der Waals surface area contributed by atoms with Gasteiger partial charge >= 0.3 is 0 Å². The van der Waals surface area contributed by atoms with Crippen molar-refractivity contribution in [2.45, 2.75) is 44.7 Å². The van der Waals surface area contributed by atoms with Gasteiger partial charge in [0.1, 0.15) is 0 Å². The molecule has 0 aromatic heterocycles. The summed E-state index contributed by atoms with van der Waals surface area (Å²) in [7, 11) is -3.89. The molecule has 8 heteroatoms. The van der Waals surface area contributed by atoms with Gasteiger partial charge in [0.2, 0.25) is 15.9 Å². The highest BCUT2D eigenvalue weighted by atomic mass is 35.5. The molecule has 118 valence electrons. The van der Waals surface area contributed by atoms with E-state index in [9.17, 15) is 13.2 Å². The van der Waals surface area contributed by atoms with Gasteiger partial charge in [-0.15, -0.1) is 0 Å². The maximum absolute atomic E-state index is 12.4. The van der Waals surface area contributed by atoms with Crippen molar-refractivity contribution in [1.82, 2.24) is 10.0 Å². The molecule has 0 saturated carbocycles. The second-order valence-electron chi connectivity index (χ2n) is 5.12. The zero-order valence-corrected chi connectivity index (χ0v) is 14.0. The number of hydrogen-bond donors (Lipinski definition) is 3. The molecule has 0 fully saturated rings. The molecule has 0 aliphatic rings. The number of nitrogens with one attached hydrogen (secondary N) is 2. The lowest BCUT2D eigenvalue weighted by Gasteiger charge is -2.17. The van der Waals surface area contributed by atoms with E-state index < -0.39 is 22.0 Å². The van der Waals surface area contributed by atoms with Crippen molar-refractivity contribution < 1.29 is 13.2 Å². The van der Waals surface area contributed by atoms with Crippen molar-refractivity contribution in [1.29, 1.82) is 0 Å². The Balaban J connectivity index is 3.05. The van der Waals surface area contributed by atoms with Crippen molar-refractivity contribution in [3.05, 3.63) is 22.7 Å². The van der Waals surface area contributed by atoms with Crippen LogP contribution in [0.25, 0.3) is 0 Å². The lowest BCUT2D eigenvalue weighted by molar-refractivity contribution is -0.122. The van der Waals surface area contributed by atoms with Crippen LogP contribution >= 0.6 is 11.6 Å². The van der Waals surface area contributed by atoms with E-state index in [-0.39, 0.29) is 21.6 Å². The summed E-state index contributed by atoms with van der Waals surface area (Å²) in [6.45, 7) is 6.64. The van der Waals surface area contributed by atoms with Crippen molar-refractivity contribution >= 4 is 33.2 Å². The summed E-state index contributed by atoms with van der Waals surface area (Å²) in [6, 6.07) is 1.80. The molecule has 0 radical (unpaired) electrons. The molecule has 1 unspecified atom stereocenters. The van der Waals surface area contributed by atoms with Crippen LogP contribution in [-0.2, 0) is 14.8 Å². The number of hydrogen-bond acceptors (Lipinski definition) is 4. The van der Waals surface area contributed by atoms with Gasteiger partial charge in [0, 0.05) is 16.8 Å². The smallest absolute Gasteiger partial charge is 0.241 e. The van der Waals surface area contributed by atoms with Crippen molar-refractivity contribution in [2.75, 3.05) is 5.73 Å². The molecule has 21 heavy (non-hydrogen) atoms. The molecule has 1 aromatic carbocycles. The van der Waals surface area contributed by atoms with E-state index in [0.29, 0.717) is 5.56 Å². The van der Waals surface area contributed by atoms with Gasteiger partial charge in [-0.3, -0.25) is 4.79 Å². The van der Waals surface area contributed by atoms with Crippen molar-refractivity contribution in [2.24, 2.45) is 0 Å². The largest absolute Gasteiger partial charge is 0.398 e. The molecule has 0 spiro atoms. The van der Waals surface area contributed by atoms with Crippen LogP contribution in [0, 0.1) is 6.92 Å². The molecule has 0 bridgehead atoms. The van der Waals surface area contributed by atoms with E-state index in [0.717, 1.165) is 0 Å². The zero-order chi connectivity index (χ0) is 16.4. The topological polar surface area (TPSA) is 101 Å². The number of halogens is 1. The van der Waals surface area contributed by atoms with E-state index in [4.69, 9.17) is 17.3 Å². The van der Waals surface area contributed by atoms with E-state index in [1.165, 1.54) is 19.1 Å². The molecular formula is C13H20ClN3O3S. The Labute approximate surface area is 130 Å². The van der Waals surface area contributed by atoms with Crippen LogP contribution in [-0.4, -0.2) is 26.4 Å². The average Bonchev–Trinajstić information content (AvgIpc) is 2.32. The van der Waals surface area contributed by atoms with Crippen molar-refractivity contribution in [3.63, 3.8) is 0 Å². The summed E-state index contributed by atoms with van der Waals surface area (Å²) in [5.74, 6) is -0.402. The van der Waals surface area contributed by atoms with Gasteiger partial charge in [-0.2, -0.15) is 4.72 Å². The highest BCUT2D eigenvalue weighted by molar-refractivity contribution is 7.89. The number of nitrogen functional groups attached to an aromatic ring is 1. The SMILES string of the molecule is Cc1c(N)cc(Cl)cc1S(=O)(=O)NC(C)C(=O)NC(C)C. The number of nitrogens with two attached hydrogens (primary N) is 1. The molecular weight excluding hydrogens is 314 g/mol. The first-order valence-electron chi connectivity index (χ1n) is 6.43. The van der Waals surface area contributed by atoms with Crippen LogP contribution in [0.4, 0.5) is 5.69 Å². The minimum absolute atomic E-state index is 0.0308. The van der Waals surface area contributed by atoms with Gasteiger partial charge in [0.15, 0.2) is 0 Å². The molecule has 1 atom stereocenters. The van der Waals surface area contributed by atoms with Gasteiger partial charge in [-0.25, -0.2) is 8.42 Å². The molecule has 0 heterocycles. The summed E-state index contributed by atoms with van der Waals surface area (Å²) in [5.41, 5.74) is 6.39. The fourth-order valence-corrected chi connectivity index (χ4v) is 3.51. The fraction of sp³-hybridized carbons (Fsp3) is 0.462. The number of carbonyl (C=O) groups excluding carboxylic acids is 1. The number of anilines is 1. The molecule has 1 aromatic rings. The quantitative estimate of drug-likeness (QED) is 0.709. The summed E-state index contributed by atoms with van der Waals surface area (Å²) >= 11 is 5.84. The number of benzene rings is 1. The minimum Gasteiger partial charge on any atom is -0.398 e. The first-order chi connectivity index (χ1) is 9.54. The van der Waals surface area contributed by atoms with Crippen LogP contribution in [0.3, 0.4) is 0 Å². The molecule has 4 N–H and O–H groups in total.